The molecule has 2 aromatic rings. The lowest BCUT2D eigenvalue weighted by molar-refractivity contribution is 0.0664. The van der Waals surface area contributed by atoms with Crippen LogP contribution >= 0.6 is 0 Å². The minimum Gasteiger partial charge on any atom is -0.336 e. The zero-order chi connectivity index (χ0) is 19.4. The summed E-state index contributed by atoms with van der Waals surface area (Å²) in [5, 5.41) is 0. The number of hydrogen-bond acceptors (Lipinski definition) is 4. The van der Waals surface area contributed by atoms with Gasteiger partial charge in [-0.05, 0) is 36.9 Å². The van der Waals surface area contributed by atoms with E-state index in [1.54, 1.807) is 19.2 Å². The van der Waals surface area contributed by atoms with Gasteiger partial charge in [-0.15, -0.1) is 0 Å². The van der Waals surface area contributed by atoms with E-state index in [0.29, 0.717) is 25.2 Å². The van der Waals surface area contributed by atoms with Gasteiger partial charge >= 0.3 is 0 Å². The minimum atomic E-state index is -3.61. The molecule has 1 heterocycles. The van der Waals surface area contributed by atoms with Crippen molar-refractivity contribution < 1.29 is 13.2 Å². The first-order valence-electron chi connectivity index (χ1n) is 8.96. The molecule has 1 saturated heterocycles. The van der Waals surface area contributed by atoms with E-state index < -0.39 is 10.0 Å². The molecule has 2 aromatic carbocycles. The number of piperazine rings is 1. The standard InChI is InChI=1S/C20H25N3O3S/c1-21-12-14-23(15-13-21)20(24)18-8-10-19(11-9-18)27(25,26)22(2)16-17-6-4-3-5-7-17/h3-11H,12-16H2,1-2H3. The summed E-state index contributed by atoms with van der Waals surface area (Å²) in [6.07, 6.45) is 0. The predicted molar refractivity (Wildman–Crippen MR) is 105 cm³/mol. The summed E-state index contributed by atoms with van der Waals surface area (Å²) in [7, 11) is -0.0137. The summed E-state index contributed by atoms with van der Waals surface area (Å²) in [5.41, 5.74) is 1.44. The fourth-order valence-corrected chi connectivity index (χ4v) is 4.23. The first-order valence-corrected chi connectivity index (χ1v) is 10.4. The van der Waals surface area contributed by atoms with Crippen LogP contribution in [0.15, 0.2) is 59.5 Å². The van der Waals surface area contributed by atoms with Crippen LogP contribution in [0.25, 0.3) is 0 Å². The number of likely N-dealkylation sites (N-methyl/N-ethyl adjacent to an activating group) is 1. The van der Waals surface area contributed by atoms with Gasteiger partial charge in [0.2, 0.25) is 10.0 Å². The van der Waals surface area contributed by atoms with E-state index in [4.69, 9.17) is 0 Å². The van der Waals surface area contributed by atoms with Crippen LogP contribution in [0.5, 0.6) is 0 Å². The number of carbonyl (C=O) groups is 1. The molecule has 6 nitrogen and oxygen atoms in total. The quantitative estimate of drug-likeness (QED) is 0.786. The van der Waals surface area contributed by atoms with Crippen molar-refractivity contribution in [3.63, 3.8) is 0 Å². The van der Waals surface area contributed by atoms with Crippen molar-refractivity contribution in [2.45, 2.75) is 11.4 Å². The van der Waals surface area contributed by atoms with Crippen molar-refractivity contribution in [1.29, 1.82) is 0 Å². The van der Waals surface area contributed by atoms with Crippen LogP contribution in [-0.2, 0) is 16.6 Å². The number of hydrogen-bond donors (Lipinski definition) is 0. The Morgan fingerprint density at radius 1 is 0.963 bits per heavy atom. The Morgan fingerprint density at radius 2 is 1.56 bits per heavy atom. The molecule has 1 aliphatic rings. The molecule has 0 aliphatic carbocycles. The van der Waals surface area contributed by atoms with Crippen LogP contribution in [0.4, 0.5) is 0 Å². The third-order valence-electron chi connectivity index (χ3n) is 4.85. The van der Waals surface area contributed by atoms with Crippen molar-refractivity contribution in [3.05, 3.63) is 65.7 Å². The Hall–Kier alpha value is -2.22. The molecule has 1 amide bonds. The van der Waals surface area contributed by atoms with Crippen LogP contribution in [0.1, 0.15) is 15.9 Å². The van der Waals surface area contributed by atoms with Gasteiger partial charge in [0.15, 0.2) is 0 Å². The molecule has 1 aliphatic heterocycles. The molecule has 27 heavy (non-hydrogen) atoms. The van der Waals surface area contributed by atoms with Gasteiger partial charge in [0.1, 0.15) is 0 Å². The summed E-state index contributed by atoms with van der Waals surface area (Å²) < 4.78 is 26.9. The molecular weight excluding hydrogens is 362 g/mol. The summed E-state index contributed by atoms with van der Waals surface area (Å²) in [6.45, 7) is 3.38. The van der Waals surface area contributed by atoms with E-state index in [0.717, 1.165) is 18.7 Å². The number of rotatable bonds is 5. The summed E-state index contributed by atoms with van der Waals surface area (Å²) in [4.78, 5) is 16.8. The van der Waals surface area contributed by atoms with Crippen molar-refractivity contribution in [2.75, 3.05) is 40.3 Å². The number of benzene rings is 2. The zero-order valence-electron chi connectivity index (χ0n) is 15.7. The second-order valence-corrected chi connectivity index (χ2v) is 8.91. The average Bonchev–Trinajstić information content (AvgIpc) is 2.69. The monoisotopic (exact) mass is 387 g/mol. The maximum Gasteiger partial charge on any atom is 0.253 e. The molecular formula is C20H25N3O3S. The van der Waals surface area contributed by atoms with Gasteiger partial charge in [-0.1, -0.05) is 30.3 Å². The van der Waals surface area contributed by atoms with Crippen molar-refractivity contribution in [1.82, 2.24) is 14.1 Å². The van der Waals surface area contributed by atoms with Gasteiger partial charge in [0.25, 0.3) is 5.91 Å². The van der Waals surface area contributed by atoms with Crippen LogP contribution in [0, 0.1) is 0 Å². The molecule has 0 atom stereocenters. The maximum absolute atomic E-state index is 12.8. The Kier molecular flexibility index (Phi) is 5.94. The Labute approximate surface area is 161 Å². The first kappa shape index (κ1) is 19.5. The molecule has 144 valence electrons. The Morgan fingerprint density at radius 3 is 2.15 bits per heavy atom. The first-order chi connectivity index (χ1) is 12.9. The largest absolute Gasteiger partial charge is 0.336 e. The lowest BCUT2D eigenvalue weighted by atomic mass is 10.2. The second-order valence-electron chi connectivity index (χ2n) is 6.87. The van der Waals surface area contributed by atoms with Crippen LogP contribution in [-0.4, -0.2) is 68.7 Å². The lowest BCUT2D eigenvalue weighted by Crippen LogP contribution is -2.47. The highest BCUT2D eigenvalue weighted by atomic mass is 32.2. The van der Waals surface area contributed by atoms with E-state index in [2.05, 4.69) is 4.90 Å². The number of nitrogens with zero attached hydrogens (tertiary/aromatic N) is 3. The fourth-order valence-electron chi connectivity index (χ4n) is 3.07. The number of sulfonamides is 1. The predicted octanol–water partition coefficient (Wildman–Crippen LogP) is 1.89. The second kappa shape index (κ2) is 8.21. The van der Waals surface area contributed by atoms with Crippen LogP contribution in [0.2, 0.25) is 0 Å². The smallest absolute Gasteiger partial charge is 0.253 e. The fraction of sp³-hybridized carbons (Fsp3) is 0.350. The highest BCUT2D eigenvalue weighted by Crippen LogP contribution is 2.18. The van der Waals surface area contributed by atoms with Gasteiger partial charge in [-0.3, -0.25) is 4.79 Å². The SMILES string of the molecule is CN1CCN(C(=O)c2ccc(S(=O)(=O)N(C)Cc3ccccc3)cc2)CC1. The highest BCUT2D eigenvalue weighted by molar-refractivity contribution is 7.89. The van der Waals surface area contributed by atoms with Crippen molar-refractivity contribution in [3.8, 4) is 0 Å². The van der Waals surface area contributed by atoms with Gasteiger partial charge in [0, 0.05) is 45.3 Å². The van der Waals surface area contributed by atoms with Crippen LogP contribution < -0.4 is 0 Å². The average molecular weight is 388 g/mol. The minimum absolute atomic E-state index is 0.0512. The van der Waals surface area contributed by atoms with Crippen molar-refractivity contribution >= 4 is 15.9 Å². The molecule has 0 aromatic heterocycles. The third-order valence-corrected chi connectivity index (χ3v) is 6.67. The molecule has 1 fully saturated rings. The summed E-state index contributed by atoms with van der Waals surface area (Å²) in [6, 6.07) is 15.7. The normalized spacial score (nSPS) is 15.9. The lowest BCUT2D eigenvalue weighted by Gasteiger charge is -2.32. The van der Waals surface area contributed by atoms with E-state index in [-0.39, 0.29) is 10.8 Å². The van der Waals surface area contributed by atoms with Gasteiger partial charge in [-0.2, -0.15) is 4.31 Å². The summed E-state index contributed by atoms with van der Waals surface area (Å²) >= 11 is 0. The number of amides is 1. The molecule has 0 bridgehead atoms. The molecule has 0 radical (unpaired) electrons. The van der Waals surface area contributed by atoms with Gasteiger partial charge in [-0.25, -0.2) is 8.42 Å². The molecule has 3 rings (SSSR count). The number of carbonyl (C=O) groups excluding carboxylic acids is 1. The Bertz CT molecular complexity index is 874. The van der Waals surface area contributed by atoms with E-state index in [9.17, 15) is 13.2 Å². The van der Waals surface area contributed by atoms with Gasteiger partial charge < -0.3 is 9.80 Å². The maximum atomic E-state index is 12.8. The Balaban J connectivity index is 1.71. The highest BCUT2D eigenvalue weighted by Gasteiger charge is 2.23. The third kappa shape index (κ3) is 4.55. The molecule has 0 N–H and O–H groups in total. The summed E-state index contributed by atoms with van der Waals surface area (Å²) in [5.74, 6) is -0.0512. The zero-order valence-corrected chi connectivity index (χ0v) is 16.5. The van der Waals surface area contributed by atoms with Crippen molar-refractivity contribution in [2.24, 2.45) is 0 Å². The van der Waals surface area contributed by atoms with Gasteiger partial charge in [0.05, 0.1) is 4.90 Å². The van der Waals surface area contributed by atoms with E-state index >= 15 is 0 Å². The molecule has 0 saturated carbocycles. The van der Waals surface area contributed by atoms with E-state index in [1.165, 1.54) is 16.4 Å². The van der Waals surface area contributed by atoms with Crippen LogP contribution in [0.3, 0.4) is 0 Å². The molecule has 0 unspecified atom stereocenters. The molecule has 7 heteroatoms. The molecule has 0 spiro atoms. The van der Waals surface area contributed by atoms with E-state index in [1.807, 2.05) is 42.3 Å². The topological polar surface area (TPSA) is 60.9 Å².